The van der Waals surface area contributed by atoms with Crippen LogP contribution >= 0.6 is 11.8 Å². The number of aromatic nitrogens is 1. The summed E-state index contributed by atoms with van der Waals surface area (Å²) < 4.78 is 1.90. The van der Waals surface area contributed by atoms with E-state index >= 15 is 0 Å². The van der Waals surface area contributed by atoms with Crippen molar-refractivity contribution < 1.29 is 15.0 Å². The van der Waals surface area contributed by atoms with E-state index in [1.165, 1.54) is 17.3 Å². The van der Waals surface area contributed by atoms with E-state index in [0.29, 0.717) is 21.9 Å². The molecule has 2 N–H and O–H groups in total. The lowest BCUT2D eigenvalue weighted by Crippen LogP contribution is -1.99. The highest BCUT2D eigenvalue weighted by Gasteiger charge is 2.25. The molecular weight excluding hydrogens is 346 g/mol. The smallest absolute Gasteiger partial charge is 0.339 e. The molecule has 5 heteroatoms. The molecule has 1 heterocycles. The molecule has 0 saturated carbocycles. The number of aryl methyl sites for hydroxylation is 3. The van der Waals surface area contributed by atoms with Gasteiger partial charge in [0, 0.05) is 22.9 Å². The van der Waals surface area contributed by atoms with E-state index in [-0.39, 0.29) is 11.3 Å². The van der Waals surface area contributed by atoms with Crippen molar-refractivity contribution in [1.82, 2.24) is 4.57 Å². The van der Waals surface area contributed by atoms with Crippen molar-refractivity contribution in [3.05, 3.63) is 52.6 Å². The quantitative estimate of drug-likeness (QED) is 0.640. The van der Waals surface area contributed by atoms with Crippen molar-refractivity contribution in [2.24, 2.45) is 7.05 Å². The van der Waals surface area contributed by atoms with E-state index in [9.17, 15) is 15.0 Å². The molecule has 26 heavy (non-hydrogen) atoms. The van der Waals surface area contributed by atoms with E-state index in [0.717, 1.165) is 16.0 Å². The third-order valence-corrected chi connectivity index (χ3v) is 6.00. The van der Waals surface area contributed by atoms with Gasteiger partial charge in [-0.2, -0.15) is 0 Å². The number of phenols is 1. The molecule has 0 aliphatic rings. The molecule has 3 rings (SSSR count). The van der Waals surface area contributed by atoms with E-state index in [2.05, 4.69) is 26.0 Å². The van der Waals surface area contributed by atoms with Crippen LogP contribution in [0, 0.1) is 13.8 Å². The Balaban J connectivity index is 2.19. The van der Waals surface area contributed by atoms with Crippen molar-refractivity contribution in [2.45, 2.75) is 43.5 Å². The lowest BCUT2D eigenvalue weighted by atomic mass is 10.0. The van der Waals surface area contributed by atoms with Gasteiger partial charge in [0.1, 0.15) is 5.75 Å². The van der Waals surface area contributed by atoms with Crippen LogP contribution in [0.15, 0.2) is 40.3 Å². The summed E-state index contributed by atoms with van der Waals surface area (Å²) in [7, 11) is 1.87. The molecule has 0 fully saturated rings. The second-order valence-corrected chi connectivity index (χ2v) is 7.99. The van der Waals surface area contributed by atoms with Crippen LogP contribution in [0.25, 0.3) is 10.9 Å². The summed E-state index contributed by atoms with van der Waals surface area (Å²) in [5, 5.41) is 21.4. The minimum Gasteiger partial charge on any atom is -0.507 e. The number of hydrogen-bond donors (Lipinski definition) is 2. The summed E-state index contributed by atoms with van der Waals surface area (Å²) in [5.41, 5.74) is 3.66. The van der Waals surface area contributed by atoms with E-state index in [4.69, 9.17) is 0 Å². The van der Waals surface area contributed by atoms with E-state index < -0.39 is 5.97 Å². The number of aromatic carboxylic acids is 1. The van der Waals surface area contributed by atoms with Gasteiger partial charge < -0.3 is 14.8 Å². The van der Waals surface area contributed by atoms with Gasteiger partial charge in [-0.15, -0.1) is 0 Å². The highest BCUT2D eigenvalue weighted by Crippen LogP contribution is 2.41. The van der Waals surface area contributed by atoms with Crippen LogP contribution < -0.4 is 0 Å². The van der Waals surface area contributed by atoms with E-state index in [1.54, 1.807) is 6.92 Å². The maximum atomic E-state index is 12.0. The fourth-order valence-corrected chi connectivity index (χ4v) is 4.29. The van der Waals surface area contributed by atoms with Crippen molar-refractivity contribution in [2.75, 3.05) is 0 Å². The molecule has 0 spiro atoms. The summed E-state index contributed by atoms with van der Waals surface area (Å²) in [5.74, 6) is -0.374. The van der Waals surface area contributed by atoms with Gasteiger partial charge >= 0.3 is 5.97 Å². The van der Waals surface area contributed by atoms with Gasteiger partial charge in [-0.05, 0) is 49.1 Å². The van der Waals surface area contributed by atoms with Crippen molar-refractivity contribution in [3.8, 4) is 5.75 Å². The minimum absolute atomic E-state index is 0.156. The van der Waals surface area contributed by atoms with Gasteiger partial charge in [0.05, 0.1) is 16.1 Å². The fourth-order valence-electron chi connectivity index (χ4n) is 3.27. The number of benzene rings is 2. The van der Waals surface area contributed by atoms with Crippen LogP contribution in [0.1, 0.15) is 46.8 Å². The zero-order chi connectivity index (χ0) is 19.2. The molecule has 0 unspecified atom stereocenters. The zero-order valence-corrected chi connectivity index (χ0v) is 16.4. The van der Waals surface area contributed by atoms with Crippen LogP contribution in [0.3, 0.4) is 0 Å². The Hall–Kier alpha value is -2.40. The lowest BCUT2D eigenvalue weighted by molar-refractivity contribution is 0.0694. The van der Waals surface area contributed by atoms with Crippen molar-refractivity contribution in [1.29, 1.82) is 0 Å². The molecule has 136 valence electrons. The van der Waals surface area contributed by atoms with Crippen LogP contribution in [-0.4, -0.2) is 20.7 Å². The average molecular weight is 369 g/mol. The fraction of sp³-hybridized carbons (Fsp3) is 0.286. The standard InChI is InChI=1S/C21H23NO3S/c1-11(2)14-6-8-15(9-7-14)26-20-18(21(24)25)17-13(4)19(23)12(3)10-16(17)22(20)5/h6-11,23H,1-5H3,(H,24,25). The number of aromatic hydroxyl groups is 1. The van der Waals surface area contributed by atoms with Crippen molar-refractivity contribution >= 4 is 28.6 Å². The van der Waals surface area contributed by atoms with Gasteiger partial charge in [0.2, 0.25) is 0 Å². The van der Waals surface area contributed by atoms with Gasteiger partial charge in [-0.1, -0.05) is 37.7 Å². The predicted octanol–water partition coefficient (Wildman–Crippen LogP) is 5.47. The van der Waals surface area contributed by atoms with E-state index in [1.807, 2.05) is 36.7 Å². The Morgan fingerprint density at radius 1 is 1.15 bits per heavy atom. The number of carboxylic acid groups (broad SMARTS) is 1. The van der Waals surface area contributed by atoms with Crippen LogP contribution in [0.5, 0.6) is 5.75 Å². The zero-order valence-electron chi connectivity index (χ0n) is 15.6. The first-order valence-corrected chi connectivity index (χ1v) is 9.36. The monoisotopic (exact) mass is 369 g/mol. The second kappa shape index (κ2) is 6.72. The number of phenolic OH excluding ortho intramolecular Hbond substituents is 1. The molecule has 3 aromatic rings. The maximum Gasteiger partial charge on any atom is 0.339 e. The third kappa shape index (κ3) is 2.97. The highest BCUT2D eigenvalue weighted by molar-refractivity contribution is 7.99. The SMILES string of the molecule is Cc1cc2c(c(C)c1O)c(C(=O)O)c(Sc1ccc(C(C)C)cc1)n2C. The summed E-state index contributed by atoms with van der Waals surface area (Å²) in [6, 6.07) is 10.1. The number of carboxylic acids is 1. The molecule has 0 atom stereocenters. The number of nitrogens with zero attached hydrogens (tertiary/aromatic N) is 1. The van der Waals surface area contributed by atoms with Crippen LogP contribution in [0.4, 0.5) is 0 Å². The first-order valence-electron chi connectivity index (χ1n) is 8.55. The first kappa shape index (κ1) is 18.4. The predicted molar refractivity (Wildman–Crippen MR) is 106 cm³/mol. The minimum atomic E-state index is -0.983. The molecule has 2 aromatic carbocycles. The molecule has 1 aromatic heterocycles. The van der Waals surface area contributed by atoms with Gasteiger partial charge in [0.15, 0.2) is 0 Å². The molecule has 0 aliphatic heterocycles. The Morgan fingerprint density at radius 3 is 2.31 bits per heavy atom. The van der Waals surface area contributed by atoms with Crippen LogP contribution in [-0.2, 0) is 7.05 Å². The summed E-state index contributed by atoms with van der Waals surface area (Å²) in [6.45, 7) is 7.88. The average Bonchev–Trinajstić information content (AvgIpc) is 2.86. The van der Waals surface area contributed by atoms with Crippen molar-refractivity contribution in [3.63, 3.8) is 0 Å². The van der Waals surface area contributed by atoms with Gasteiger partial charge in [0.25, 0.3) is 0 Å². The number of carbonyl (C=O) groups is 1. The van der Waals surface area contributed by atoms with Crippen LogP contribution in [0.2, 0.25) is 0 Å². The Labute approximate surface area is 157 Å². The molecule has 0 radical (unpaired) electrons. The highest BCUT2D eigenvalue weighted by atomic mass is 32.2. The largest absolute Gasteiger partial charge is 0.507 e. The number of rotatable bonds is 4. The molecule has 0 aliphatic carbocycles. The third-order valence-electron chi connectivity index (χ3n) is 4.82. The second-order valence-electron chi connectivity index (χ2n) is 6.93. The molecule has 0 saturated heterocycles. The summed E-state index contributed by atoms with van der Waals surface area (Å²) in [4.78, 5) is 13.0. The topological polar surface area (TPSA) is 62.5 Å². The molecule has 0 amide bonds. The number of fused-ring (bicyclic) bond motifs is 1. The number of hydrogen-bond acceptors (Lipinski definition) is 3. The lowest BCUT2D eigenvalue weighted by Gasteiger charge is -2.08. The Bertz CT molecular complexity index is 1000. The molecular formula is C21H23NO3S. The molecule has 4 nitrogen and oxygen atoms in total. The van der Waals surface area contributed by atoms with Gasteiger partial charge in [-0.3, -0.25) is 0 Å². The normalized spacial score (nSPS) is 11.5. The Morgan fingerprint density at radius 2 is 1.77 bits per heavy atom. The summed E-state index contributed by atoms with van der Waals surface area (Å²) >= 11 is 1.44. The van der Waals surface area contributed by atoms with Gasteiger partial charge in [-0.25, -0.2) is 4.79 Å². The first-order chi connectivity index (χ1) is 12.2. The maximum absolute atomic E-state index is 12.0. The molecule has 0 bridgehead atoms. The Kier molecular flexibility index (Phi) is 4.76. The summed E-state index contributed by atoms with van der Waals surface area (Å²) in [6.07, 6.45) is 0.